The Labute approximate surface area is 153 Å². The lowest BCUT2D eigenvalue weighted by Gasteiger charge is -2.18. The van der Waals surface area contributed by atoms with Crippen molar-refractivity contribution in [1.29, 1.82) is 0 Å². The number of aryl methyl sites for hydroxylation is 1. The molecular weight excluding hydrogens is 330 g/mol. The van der Waals surface area contributed by atoms with Crippen LogP contribution in [0, 0.1) is 0 Å². The van der Waals surface area contributed by atoms with E-state index in [1.165, 1.54) is 42.1 Å². The summed E-state index contributed by atoms with van der Waals surface area (Å²) in [5.41, 5.74) is 2.64. The fourth-order valence-electron chi connectivity index (χ4n) is 3.14. The van der Waals surface area contributed by atoms with E-state index in [2.05, 4.69) is 35.4 Å². The van der Waals surface area contributed by atoms with Gasteiger partial charge in [0.2, 0.25) is 0 Å². The van der Waals surface area contributed by atoms with Crippen molar-refractivity contribution < 1.29 is 8.42 Å². The maximum Gasteiger partial charge on any atom is 0.155 e. The number of unbranched alkanes of at least 4 members (excludes halogenated alkanes) is 6. The molecule has 0 saturated carbocycles. The van der Waals surface area contributed by atoms with Gasteiger partial charge in [-0.3, -0.25) is 0 Å². The van der Waals surface area contributed by atoms with Gasteiger partial charge in [0.25, 0.3) is 0 Å². The summed E-state index contributed by atoms with van der Waals surface area (Å²) in [4.78, 5) is 3.34. The molecule has 1 aromatic carbocycles. The van der Waals surface area contributed by atoms with Crippen LogP contribution in [0.1, 0.15) is 71.3 Å². The summed E-state index contributed by atoms with van der Waals surface area (Å²) in [6, 6.07) is 8.47. The molecule has 0 bridgehead atoms. The van der Waals surface area contributed by atoms with Crippen molar-refractivity contribution in [3.63, 3.8) is 0 Å². The second-order valence-electron chi connectivity index (χ2n) is 8.02. The first-order chi connectivity index (χ1) is 11.8. The number of hydrogen-bond donors (Lipinski definition) is 1. The number of aromatic nitrogens is 1. The summed E-state index contributed by atoms with van der Waals surface area (Å²) in [6.45, 7) is 5.36. The van der Waals surface area contributed by atoms with Crippen LogP contribution in [-0.4, -0.2) is 23.9 Å². The summed E-state index contributed by atoms with van der Waals surface area (Å²) in [7, 11) is -2.95. The molecule has 1 heterocycles. The molecule has 0 amide bonds. The standard InChI is InChI=1S/C21H33NO2S/c1-21(2,3)25(23,24)16-12-8-6-4-5-7-9-13-18-17-22-20-15-11-10-14-19(18)20/h10-11,14-15,17,22H,4-9,12-13,16H2,1-3H3. The van der Waals surface area contributed by atoms with Crippen LogP contribution in [0.15, 0.2) is 30.5 Å². The molecule has 2 aromatic rings. The van der Waals surface area contributed by atoms with E-state index in [1.54, 1.807) is 20.8 Å². The van der Waals surface area contributed by atoms with Crippen molar-refractivity contribution in [3.8, 4) is 0 Å². The Bertz CT molecular complexity index is 754. The minimum atomic E-state index is -2.95. The van der Waals surface area contributed by atoms with Crippen molar-refractivity contribution >= 4 is 20.7 Å². The van der Waals surface area contributed by atoms with Crippen molar-refractivity contribution in [2.75, 3.05) is 5.75 Å². The van der Waals surface area contributed by atoms with E-state index in [4.69, 9.17) is 0 Å². The highest BCUT2D eigenvalue weighted by atomic mass is 32.2. The zero-order valence-electron chi connectivity index (χ0n) is 16.0. The van der Waals surface area contributed by atoms with Gasteiger partial charge in [-0.1, -0.05) is 50.3 Å². The largest absolute Gasteiger partial charge is 0.361 e. The van der Waals surface area contributed by atoms with Gasteiger partial charge in [-0.15, -0.1) is 0 Å². The number of para-hydroxylation sites is 1. The van der Waals surface area contributed by atoms with Crippen molar-refractivity contribution in [3.05, 3.63) is 36.0 Å². The summed E-state index contributed by atoms with van der Waals surface area (Å²) < 4.78 is 23.4. The summed E-state index contributed by atoms with van der Waals surface area (Å²) in [6.07, 6.45) is 11.2. The number of hydrogen-bond acceptors (Lipinski definition) is 2. The molecule has 0 spiro atoms. The molecule has 4 heteroatoms. The third-order valence-corrected chi connectivity index (χ3v) is 7.66. The Morgan fingerprint density at radius 1 is 0.880 bits per heavy atom. The minimum Gasteiger partial charge on any atom is -0.361 e. The lowest BCUT2D eigenvalue weighted by atomic mass is 10.0. The zero-order valence-corrected chi connectivity index (χ0v) is 16.8. The van der Waals surface area contributed by atoms with E-state index >= 15 is 0 Å². The topological polar surface area (TPSA) is 49.9 Å². The van der Waals surface area contributed by atoms with Gasteiger partial charge in [0.15, 0.2) is 9.84 Å². The monoisotopic (exact) mass is 363 g/mol. The van der Waals surface area contributed by atoms with Gasteiger partial charge in [-0.25, -0.2) is 8.42 Å². The average Bonchev–Trinajstić information content (AvgIpc) is 2.95. The highest BCUT2D eigenvalue weighted by molar-refractivity contribution is 7.92. The van der Waals surface area contributed by atoms with Crippen LogP contribution in [0.4, 0.5) is 0 Å². The first kappa shape index (κ1) is 20.0. The lowest BCUT2D eigenvalue weighted by Crippen LogP contribution is -2.30. The predicted octanol–water partition coefficient (Wildman–Crippen LogP) is 5.65. The molecule has 2 rings (SSSR count). The number of nitrogens with one attached hydrogen (secondary N) is 1. The quantitative estimate of drug-likeness (QED) is 0.554. The van der Waals surface area contributed by atoms with Gasteiger partial charge in [0.05, 0.1) is 10.5 Å². The van der Waals surface area contributed by atoms with Gasteiger partial charge in [-0.2, -0.15) is 0 Å². The summed E-state index contributed by atoms with van der Waals surface area (Å²) >= 11 is 0. The Balaban J connectivity index is 1.54. The fraction of sp³-hybridized carbons (Fsp3) is 0.619. The molecule has 140 valence electrons. The first-order valence-electron chi connectivity index (χ1n) is 9.58. The SMILES string of the molecule is CC(C)(C)S(=O)(=O)CCCCCCCCCc1c[nH]c2ccccc12. The second-order valence-corrected chi connectivity index (χ2v) is 10.9. The van der Waals surface area contributed by atoms with Crippen LogP contribution < -0.4 is 0 Å². The Kier molecular flexibility index (Phi) is 7.12. The minimum absolute atomic E-state index is 0.330. The molecule has 25 heavy (non-hydrogen) atoms. The Hall–Kier alpha value is -1.29. The Morgan fingerprint density at radius 3 is 2.16 bits per heavy atom. The molecule has 1 N–H and O–H groups in total. The molecule has 0 fully saturated rings. The number of benzene rings is 1. The van der Waals surface area contributed by atoms with E-state index in [0.29, 0.717) is 5.75 Å². The molecule has 1 aromatic heterocycles. The molecule has 3 nitrogen and oxygen atoms in total. The second kappa shape index (κ2) is 8.88. The van der Waals surface area contributed by atoms with E-state index in [0.717, 1.165) is 25.7 Å². The van der Waals surface area contributed by atoms with Crippen LogP contribution in [0.25, 0.3) is 10.9 Å². The molecule has 0 aliphatic heterocycles. The number of sulfone groups is 1. The van der Waals surface area contributed by atoms with E-state index in [1.807, 2.05) is 0 Å². The van der Waals surface area contributed by atoms with Crippen molar-refractivity contribution in [1.82, 2.24) is 4.98 Å². The molecule has 0 aliphatic carbocycles. The van der Waals surface area contributed by atoms with Crippen LogP contribution >= 0.6 is 0 Å². The number of rotatable bonds is 10. The number of H-pyrrole nitrogens is 1. The van der Waals surface area contributed by atoms with E-state index in [9.17, 15) is 8.42 Å². The Morgan fingerprint density at radius 2 is 1.48 bits per heavy atom. The van der Waals surface area contributed by atoms with Crippen molar-refractivity contribution in [2.24, 2.45) is 0 Å². The van der Waals surface area contributed by atoms with Crippen LogP contribution in [-0.2, 0) is 16.3 Å². The van der Waals surface area contributed by atoms with Gasteiger partial charge in [0, 0.05) is 17.1 Å². The molecule has 0 saturated heterocycles. The smallest absolute Gasteiger partial charge is 0.155 e. The first-order valence-corrected chi connectivity index (χ1v) is 11.2. The van der Waals surface area contributed by atoms with Crippen LogP contribution in [0.2, 0.25) is 0 Å². The third kappa shape index (κ3) is 5.88. The summed E-state index contributed by atoms with van der Waals surface area (Å²) in [5, 5.41) is 1.35. The molecular formula is C21H33NO2S. The van der Waals surface area contributed by atoms with Gasteiger partial charge in [-0.05, 0) is 51.7 Å². The normalized spacial score (nSPS) is 12.8. The third-order valence-electron chi connectivity index (χ3n) is 4.97. The van der Waals surface area contributed by atoms with E-state index in [-0.39, 0.29) is 0 Å². The maximum absolute atomic E-state index is 12.0. The molecule has 0 atom stereocenters. The molecule has 0 radical (unpaired) electrons. The van der Waals surface area contributed by atoms with Gasteiger partial charge in [0.1, 0.15) is 0 Å². The highest BCUT2D eigenvalue weighted by Crippen LogP contribution is 2.21. The van der Waals surface area contributed by atoms with Gasteiger partial charge < -0.3 is 4.98 Å². The lowest BCUT2D eigenvalue weighted by molar-refractivity contribution is 0.550. The predicted molar refractivity (Wildman–Crippen MR) is 108 cm³/mol. The summed E-state index contributed by atoms with van der Waals surface area (Å²) in [5.74, 6) is 0.330. The molecule has 0 unspecified atom stereocenters. The number of fused-ring (bicyclic) bond motifs is 1. The fourth-order valence-corrected chi connectivity index (χ4v) is 4.33. The van der Waals surface area contributed by atoms with Crippen LogP contribution in [0.3, 0.4) is 0 Å². The average molecular weight is 364 g/mol. The van der Waals surface area contributed by atoms with Crippen molar-refractivity contribution in [2.45, 2.75) is 76.9 Å². The molecule has 0 aliphatic rings. The number of aromatic amines is 1. The van der Waals surface area contributed by atoms with Gasteiger partial charge >= 0.3 is 0 Å². The maximum atomic E-state index is 12.0. The highest BCUT2D eigenvalue weighted by Gasteiger charge is 2.27. The van der Waals surface area contributed by atoms with E-state index < -0.39 is 14.6 Å². The van der Waals surface area contributed by atoms with Crippen LogP contribution in [0.5, 0.6) is 0 Å². The zero-order chi connectivity index (χ0) is 18.3.